The minimum Gasteiger partial charge on any atom is -0.488 e. The molecule has 0 amide bonds. The molecule has 0 bridgehead atoms. The van der Waals surface area contributed by atoms with Crippen LogP contribution in [0.15, 0.2) is 18.2 Å². The van der Waals surface area contributed by atoms with Gasteiger partial charge in [-0.1, -0.05) is 36.2 Å². The maximum atomic E-state index is 6.20. The van der Waals surface area contributed by atoms with E-state index in [-0.39, 0.29) is 6.10 Å². The zero-order valence-electron chi connectivity index (χ0n) is 11.0. The predicted molar refractivity (Wildman–Crippen MR) is 84.9 cm³/mol. The molecule has 1 fully saturated rings. The summed E-state index contributed by atoms with van der Waals surface area (Å²) in [6, 6.07) is 5.55. The quantitative estimate of drug-likeness (QED) is 0.852. The average Bonchev–Trinajstić information content (AvgIpc) is 2.93. The van der Waals surface area contributed by atoms with Crippen molar-refractivity contribution in [2.24, 2.45) is 5.92 Å². The normalized spacial score (nSPS) is 20.5. The van der Waals surface area contributed by atoms with Gasteiger partial charge in [-0.25, -0.2) is 0 Å². The molecule has 5 heteroatoms. The van der Waals surface area contributed by atoms with E-state index in [1.54, 1.807) is 6.07 Å². The van der Waals surface area contributed by atoms with Crippen molar-refractivity contribution in [2.45, 2.75) is 19.4 Å². The fraction of sp³-hybridized carbons (Fsp3) is 0.571. The van der Waals surface area contributed by atoms with Crippen LogP contribution in [0.25, 0.3) is 0 Å². The maximum absolute atomic E-state index is 6.20. The van der Waals surface area contributed by atoms with Gasteiger partial charge in [0, 0.05) is 18.2 Å². The van der Waals surface area contributed by atoms with Crippen LogP contribution in [0.4, 0.5) is 0 Å². The Kier molecular flexibility index (Phi) is 6.14. The van der Waals surface area contributed by atoms with Crippen LogP contribution in [-0.4, -0.2) is 30.7 Å². The number of hydrogen-bond acceptors (Lipinski definition) is 3. The Bertz CT molecular complexity index is 410. The fourth-order valence-electron chi connectivity index (χ4n) is 2.23. The lowest BCUT2D eigenvalue weighted by molar-refractivity contribution is 0.165. The molecule has 0 saturated carbocycles. The zero-order valence-corrected chi connectivity index (χ0v) is 13.3. The Morgan fingerprint density at radius 1 is 1.47 bits per heavy atom. The fourth-order valence-corrected chi connectivity index (χ4v) is 3.38. The average molecular weight is 320 g/mol. The molecule has 2 atom stereocenters. The number of ether oxygens (including phenoxy) is 1. The highest BCUT2D eigenvalue weighted by Gasteiger charge is 2.27. The SMILES string of the molecule is CCSC[C@@H](Oc1cccc(Cl)c1Cl)C1CCNC1. The van der Waals surface area contributed by atoms with Crippen LogP contribution in [-0.2, 0) is 0 Å². The van der Waals surface area contributed by atoms with Gasteiger partial charge in [-0.15, -0.1) is 0 Å². The Morgan fingerprint density at radius 2 is 2.32 bits per heavy atom. The van der Waals surface area contributed by atoms with Gasteiger partial charge in [-0.05, 0) is 30.9 Å². The minimum atomic E-state index is 0.191. The lowest BCUT2D eigenvalue weighted by Gasteiger charge is -2.24. The summed E-state index contributed by atoms with van der Waals surface area (Å²) in [5, 5.41) is 4.45. The molecule has 0 aromatic heterocycles. The van der Waals surface area contributed by atoms with E-state index in [1.165, 1.54) is 0 Å². The molecule has 1 heterocycles. The van der Waals surface area contributed by atoms with E-state index < -0.39 is 0 Å². The molecule has 1 aromatic rings. The molecule has 0 radical (unpaired) electrons. The number of halogens is 2. The molecule has 1 aliphatic rings. The van der Waals surface area contributed by atoms with E-state index in [0.29, 0.717) is 21.7 Å². The molecule has 1 unspecified atom stereocenters. The van der Waals surface area contributed by atoms with E-state index in [4.69, 9.17) is 27.9 Å². The number of nitrogens with one attached hydrogen (secondary N) is 1. The summed E-state index contributed by atoms with van der Waals surface area (Å²) in [4.78, 5) is 0. The highest BCUT2D eigenvalue weighted by atomic mass is 35.5. The van der Waals surface area contributed by atoms with Crippen LogP contribution in [0, 0.1) is 5.92 Å². The topological polar surface area (TPSA) is 21.3 Å². The van der Waals surface area contributed by atoms with Crippen LogP contribution in [0.5, 0.6) is 5.75 Å². The molecule has 2 rings (SSSR count). The third-order valence-corrected chi connectivity index (χ3v) is 5.08. The second-order valence-electron chi connectivity index (χ2n) is 4.62. The molecular formula is C14H19Cl2NOS. The van der Waals surface area contributed by atoms with Gasteiger partial charge in [-0.3, -0.25) is 0 Å². The van der Waals surface area contributed by atoms with Crippen molar-refractivity contribution < 1.29 is 4.74 Å². The van der Waals surface area contributed by atoms with Crippen LogP contribution < -0.4 is 10.1 Å². The summed E-state index contributed by atoms with van der Waals surface area (Å²) in [5.41, 5.74) is 0. The van der Waals surface area contributed by atoms with Crippen molar-refractivity contribution in [1.82, 2.24) is 5.32 Å². The van der Waals surface area contributed by atoms with Gasteiger partial charge in [0.05, 0.1) is 5.02 Å². The molecule has 0 aliphatic carbocycles. The zero-order chi connectivity index (χ0) is 13.7. The summed E-state index contributed by atoms with van der Waals surface area (Å²) >= 11 is 14.1. The van der Waals surface area contributed by atoms with Crippen molar-refractivity contribution in [2.75, 3.05) is 24.6 Å². The summed E-state index contributed by atoms with van der Waals surface area (Å²) in [7, 11) is 0. The van der Waals surface area contributed by atoms with E-state index >= 15 is 0 Å². The van der Waals surface area contributed by atoms with Gasteiger partial charge < -0.3 is 10.1 Å². The minimum absolute atomic E-state index is 0.191. The summed E-state index contributed by atoms with van der Waals surface area (Å²) in [6.45, 7) is 4.26. The van der Waals surface area contributed by atoms with Crippen molar-refractivity contribution in [3.05, 3.63) is 28.2 Å². The Balaban J connectivity index is 2.07. The molecule has 0 spiro atoms. The number of thioether (sulfide) groups is 1. The van der Waals surface area contributed by atoms with E-state index in [1.807, 2.05) is 23.9 Å². The lowest BCUT2D eigenvalue weighted by Crippen LogP contribution is -2.31. The van der Waals surface area contributed by atoms with E-state index in [9.17, 15) is 0 Å². The molecule has 1 N–H and O–H groups in total. The molecule has 1 aliphatic heterocycles. The largest absolute Gasteiger partial charge is 0.488 e. The predicted octanol–water partition coefficient (Wildman–Crippen LogP) is 4.10. The maximum Gasteiger partial charge on any atom is 0.139 e. The standard InChI is InChI=1S/C14H19Cl2NOS/c1-2-19-9-13(10-6-7-17-8-10)18-12-5-3-4-11(15)14(12)16/h3-5,10,13,17H,2,6-9H2,1H3/t10?,13-/m1/s1. The molecule has 1 aromatic carbocycles. The highest BCUT2D eigenvalue weighted by Crippen LogP contribution is 2.33. The first-order valence-corrected chi connectivity index (χ1v) is 8.52. The lowest BCUT2D eigenvalue weighted by atomic mass is 10.0. The first-order chi connectivity index (χ1) is 9.22. The van der Waals surface area contributed by atoms with Gasteiger partial charge in [0.2, 0.25) is 0 Å². The van der Waals surface area contributed by atoms with Crippen molar-refractivity contribution in [3.8, 4) is 5.75 Å². The first kappa shape index (κ1) is 15.3. The summed E-state index contributed by atoms with van der Waals surface area (Å²) in [5.74, 6) is 3.34. The van der Waals surface area contributed by atoms with Gasteiger partial charge >= 0.3 is 0 Å². The number of rotatable bonds is 6. The second kappa shape index (κ2) is 7.63. The molecule has 106 valence electrons. The van der Waals surface area contributed by atoms with E-state index in [2.05, 4.69) is 12.2 Å². The number of benzene rings is 1. The Labute approximate surface area is 129 Å². The monoisotopic (exact) mass is 319 g/mol. The van der Waals surface area contributed by atoms with Crippen LogP contribution in [0.1, 0.15) is 13.3 Å². The van der Waals surface area contributed by atoms with Gasteiger partial charge in [0.1, 0.15) is 16.9 Å². The molecule has 2 nitrogen and oxygen atoms in total. The van der Waals surface area contributed by atoms with Gasteiger partial charge in [-0.2, -0.15) is 11.8 Å². The molecular weight excluding hydrogens is 301 g/mol. The third kappa shape index (κ3) is 4.19. The molecule has 19 heavy (non-hydrogen) atoms. The van der Waals surface area contributed by atoms with Crippen molar-refractivity contribution >= 4 is 35.0 Å². The second-order valence-corrected chi connectivity index (χ2v) is 6.72. The first-order valence-electron chi connectivity index (χ1n) is 6.61. The van der Waals surface area contributed by atoms with Crippen molar-refractivity contribution in [3.63, 3.8) is 0 Å². The third-order valence-electron chi connectivity index (χ3n) is 3.30. The van der Waals surface area contributed by atoms with Gasteiger partial charge in [0.25, 0.3) is 0 Å². The van der Waals surface area contributed by atoms with Gasteiger partial charge in [0.15, 0.2) is 0 Å². The smallest absolute Gasteiger partial charge is 0.139 e. The summed E-state index contributed by atoms with van der Waals surface area (Å²) in [6.07, 6.45) is 1.35. The number of hydrogen-bond donors (Lipinski definition) is 1. The molecule has 1 saturated heterocycles. The summed E-state index contributed by atoms with van der Waals surface area (Å²) < 4.78 is 6.13. The highest BCUT2D eigenvalue weighted by molar-refractivity contribution is 7.99. The van der Waals surface area contributed by atoms with Crippen molar-refractivity contribution in [1.29, 1.82) is 0 Å². The Morgan fingerprint density at radius 3 is 3.00 bits per heavy atom. The van der Waals surface area contributed by atoms with Crippen LogP contribution >= 0.6 is 35.0 Å². The van der Waals surface area contributed by atoms with Crippen LogP contribution in [0.3, 0.4) is 0 Å². The van der Waals surface area contributed by atoms with Crippen LogP contribution in [0.2, 0.25) is 10.0 Å². The Hall–Kier alpha value is -0.0900. The van der Waals surface area contributed by atoms with E-state index in [0.717, 1.165) is 31.0 Å².